The number of imidazole rings is 1. The van der Waals surface area contributed by atoms with Crippen LogP contribution >= 0.6 is 22.6 Å². The number of benzene rings is 3. The molecule has 2 N–H and O–H groups in total. The van der Waals surface area contributed by atoms with Gasteiger partial charge in [0.1, 0.15) is 0 Å². The zero-order valence-corrected chi connectivity index (χ0v) is 22.1. The molecule has 1 aliphatic heterocycles. The van der Waals surface area contributed by atoms with Gasteiger partial charge in [0.25, 0.3) is 5.91 Å². The van der Waals surface area contributed by atoms with Crippen molar-refractivity contribution in [1.82, 2.24) is 14.9 Å². The molecule has 1 unspecified atom stereocenters. The molecule has 5 rings (SSSR count). The molecule has 0 saturated heterocycles. The minimum absolute atomic E-state index is 0.0209. The van der Waals surface area contributed by atoms with Crippen molar-refractivity contribution >= 4 is 57.5 Å². The molecule has 1 atom stereocenters. The van der Waals surface area contributed by atoms with Gasteiger partial charge in [-0.05, 0) is 58.5 Å². The van der Waals surface area contributed by atoms with Crippen molar-refractivity contribution in [3.63, 3.8) is 0 Å². The molecule has 0 saturated carbocycles. The number of carbonyl (C=O) groups is 3. The predicted octanol–water partition coefficient (Wildman–Crippen LogP) is 5.24. The van der Waals surface area contributed by atoms with Gasteiger partial charge in [-0.25, -0.2) is 14.6 Å². The Morgan fingerprint density at radius 2 is 1.87 bits per heavy atom. The second-order valence-corrected chi connectivity index (χ2v) is 9.98. The van der Waals surface area contributed by atoms with Crippen molar-refractivity contribution < 1.29 is 37.4 Å². The highest BCUT2D eigenvalue weighted by atomic mass is 127. The molecule has 3 aromatic carbocycles. The number of fused-ring (bicyclic) bond motifs is 2. The average Bonchev–Trinajstić information content (AvgIpc) is 3.41. The number of hydrogen-bond acceptors (Lipinski definition) is 5. The Balaban J connectivity index is 1.75. The second kappa shape index (κ2) is 9.55. The summed E-state index contributed by atoms with van der Waals surface area (Å²) in [7, 11) is 1.27. The molecule has 2 amide bonds. The van der Waals surface area contributed by atoms with Crippen LogP contribution < -0.4 is 4.90 Å². The first-order valence-corrected chi connectivity index (χ1v) is 12.4. The smallest absolute Gasteiger partial charge is 0.465 e. The number of anilines is 1. The molecular weight excluding hydrogens is 632 g/mol. The fraction of sp³-hybridized carbons (Fsp3) is 0.154. The minimum Gasteiger partial charge on any atom is -0.465 e. The molecule has 0 radical (unpaired) electrons. The van der Waals surface area contributed by atoms with Gasteiger partial charge < -0.3 is 14.8 Å². The summed E-state index contributed by atoms with van der Waals surface area (Å²) in [4.78, 5) is 46.5. The van der Waals surface area contributed by atoms with Gasteiger partial charge in [0.05, 0.1) is 17.6 Å². The van der Waals surface area contributed by atoms with Gasteiger partial charge in [0, 0.05) is 27.3 Å². The lowest BCUT2D eigenvalue weighted by atomic mass is 9.92. The standard InChI is InChI=1S/C26H18F3IN4O5/c1-33(24(37)38)23-31-19-10-9-15(12-20(19)32-23)25(39-22(36)26(27,28)29)18-8-3-2-7-17(18)21(35)34(25)13-14-5-4-6-16(30)11-14/h2-12H,13H2,1H3,(H,31,32)(H,37,38). The van der Waals surface area contributed by atoms with Crippen LogP contribution in [0.5, 0.6) is 0 Å². The number of aromatic nitrogens is 2. The highest BCUT2D eigenvalue weighted by Crippen LogP contribution is 2.47. The van der Waals surface area contributed by atoms with E-state index in [0.29, 0.717) is 11.1 Å². The second-order valence-electron chi connectivity index (χ2n) is 8.73. The van der Waals surface area contributed by atoms with Crippen LogP contribution in [0, 0.1) is 3.57 Å². The van der Waals surface area contributed by atoms with Crippen molar-refractivity contribution in [1.29, 1.82) is 0 Å². The van der Waals surface area contributed by atoms with Gasteiger partial charge in [-0.1, -0.05) is 36.4 Å². The molecule has 13 heteroatoms. The van der Waals surface area contributed by atoms with Crippen molar-refractivity contribution in [2.75, 3.05) is 11.9 Å². The quantitative estimate of drug-likeness (QED) is 0.226. The maximum Gasteiger partial charge on any atom is 0.491 e. The number of alkyl halides is 3. The van der Waals surface area contributed by atoms with Crippen molar-refractivity contribution in [3.8, 4) is 0 Å². The largest absolute Gasteiger partial charge is 0.491 e. The van der Waals surface area contributed by atoms with E-state index < -0.39 is 29.9 Å². The van der Waals surface area contributed by atoms with E-state index in [4.69, 9.17) is 4.74 Å². The van der Waals surface area contributed by atoms with Crippen molar-refractivity contribution in [2.24, 2.45) is 0 Å². The first kappa shape index (κ1) is 26.5. The van der Waals surface area contributed by atoms with Crippen LogP contribution in [-0.2, 0) is 21.8 Å². The monoisotopic (exact) mass is 650 g/mol. The van der Waals surface area contributed by atoms with Crippen LogP contribution in [0.1, 0.15) is 27.0 Å². The summed E-state index contributed by atoms with van der Waals surface area (Å²) in [5.74, 6) is -3.14. The number of amides is 2. The molecule has 39 heavy (non-hydrogen) atoms. The van der Waals surface area contributed by atoms with E-state index in [1.165, 1.54) is 43.4 Å². The zero-order chi connectivity index (χ0) is 28.1. The third-order valence-corrected chi connectivity index (χ3v) is 6.99. The fourth-order valence-corrected chi connectivity index (χ4v) is 5.13. The van der Waals surface area contributed by atoms with E-state index in [2.05, 4.69) is 32.6 Å². The maximum absolute atomic E-state index is 13.7. The van der Waals surface area contributed by atoms with E-state index in [9.17, 15) is 32.7 Å². The third-order valence-electron chi connectivity index (χ3n) is 6.32. The summed E-state index contributed by atoms with van der Waals surface area (Å²) in [6.07, 6.45) is -6.64. The Bertz CT molecular complexity index is 1640. The molecule has 0 fully saturated rings. The van der Waals surface area contributed by atoms with Gasteiger partial charge >= 0.3 is 18.2 Å². The van der Waals surface area contributed by atoms with E-state index in [1.807, 2.05) is 6.07 Å². The topological polar surface area (TPSA) is 116 Å². The van der Waals surface area contributed by atoms with Crippen LogP contribution in [0.4, 0.5) is 23.9 Å². The summed E-state index contributed by atoms with van der Waals surface area (Å²) < 4.78 is 47.0. The number of nitrogens with one attached hydrogen (secondary N) is 1. The Kier molecular flexibility index (Phi) is 6.48. The number of esters is 1. The lowest BCUT2D eigenvalue weighted by Gasteiger charge is -2.39. The lowest BCUT2D eigenvalue weighted by Crippen LogP contribution is -2.49. The van der Waals surface area contributed by atoms with Crippen LogP contribution in [0.15, 0.2) is 66.7 Å². The van der Waals surface area contributed by atoms with Crippen molar-refractivity contribution in [3.05, 3.63) is 92.6 Å². The first-order valence-electron chi connectivity index (χ1n) is 11.3. The summed E-state index contributed by atoms with van der Waals surface area (Å²) in [5, 5.41) is 9.29. The maximum atomic E-state index is 13.7. The summed E-state index contributed by atoms with van der Waals surface area (Å²) in [6.45, 7) is -0.179. The SMILES string of the molecule is CN(C(=O)O)c1nc2cc(C3(OC(=O)C(F)(F)F)c4ccccc4C(=O)N3Cc3cccc(I)c3)ccc2[nH]1. The van der Waals surface area contributed by atoms with Crippen LogP contribution in [0.2, 0.25) is 0 Å². The number of ether oxygens (including phenoxy) is 1. The van der Waals surface area contributed by atoms with Crippen LogP contribution in [-0.4, -0.2) is 51.2 Å². The Morgan fingerprint density at radius 3 is 2.56 bits per heavy atom. The predicted molar refractivity (Wildman–Crippen MR) is 141 cm³/mol. The molecule has 200 valence electrons. The summed E-state index contributed by atoms with van der Waals surface area (Å²) in [6, 6.07) is 17.3. The Labute approximate surface area is 232 Å². The highest BCUT2D eigenvalue weighted by Gasteiger charge is 2.57. The van der Waals surface area contributed by atoms with Crippen LogP contribution in [0.3, 0.4) is 0 Å². The number of carboxylic acid groups (broad SMARTS) is 1. The fourth-order valence-electron chi connectivity index (χ4n) is 4.52. The number of H-pyrrole nitrogens is 1. The number of rotatable bonds is 5. The van der Waals surface area contributed by atoms with Gasteiger partial charge in [-0.2, -0.15) is 13.2 Å². The Morgan fingerprint density at radius 1 is 1.13 bits per heavy atom. The number of nitrogens with zero attached hydrogens (tertiary/aromatic N) is 3. The van der Waals surface area contributed by atoms with Crippen molar-refractivity contribution in [2.45, 2.75) is 18.4 Å². The van der Waals surface area contributed by atoms with E-state index >= 15 is 0 Å². The molecular formula is C26H18F3IN4O5. The highest BCUT2D eigenvalue weighted by molar-refractivity contribution is 14.1. The molecule has 1 aromatic heterocycles. The van der Waals surface area contributed by atoms with E-state index in [0.717, 1.165) is 13.4 Å². The van der Waals surface area contributed by atoms with E-state index in [-0.39, 0.29) is 34.7 Å². The van der Waals surface area contributed by atoms with E-state index in [1.54, 1.807) is 24.3 Å². The summed E-state index contributed by atoms with van der Waals surface area (Å²) in [5.41, 5.74) is -0.991. The molecule has 0 spiro atoms. The van der Waals surface area contributed by atoms with Gasteiger partial charge in [-0.15, -0.1) is 0 Å². The molecule has 9 nitrogen and oxygen atoms in total. The number of carbonyl (C=O) groups excluding carboxylic acids is 2. The number of hydrogen-bond donors (Lipinski definition) is 2. The molecule has 2 heterocycles. The lowest BCUT2D eigenvalue weighted by molar-refractivity contribution is -0.222. The number of aromatic amines is 1. The van der Waals surface area contributed by atoms with Gasteiger partial charge in [-0.3, -0.25) is 14.6 Å². The summed E-state index contributed by atoms with van der Waals surface area (Å²) >= 11 is 2.07. The molecule has 4 aromatic rings. The first-order chi connectivity index (χ1) is 18.4. The molecule has 0 aliphatic carbocycles. The molecule has 1 aliphatic rings. The van der Waals surface area contributed by atoms with Crippen LogP contribution in [0.25, 0.3) is 11.0 Å². The average molecular weight is 650 g/mol. The zero-order valence-electron chi connectivity index (χ0n) is 20.0. The minimum atomic E-state index is -5.35. The normalized spacial score (nSPS) is 16.8. The van der Waals surface area contributed by atoms with Gasteiger partial charge in [0.15, 0.2) is 0 Å². The Hall–Kier alpha value is -4.14. The van der Waals surface area contributed by atoms with Gasteiger partial charge in [0.2, 0.25) is 11.7 Å². The number of halogens is 4. The molecule has 0 bridgehead atoms. The third kappa shape index (κ3) is 4.56.